The van der Waals surface area contributed by atoms with Crippen molar-refractivity contribution in [1.29, 1.82) is 0 Å². The Kier molecular flexibility index (Phi) is 9.12. The minimum Gasteiger partial charge on any atom is -0.396 e. The molecule has 21 nitrogen and oxygen atoms in total. The lowest BCUT2D eigenvalue weighted by atomic mass is 9.98. The SMILES string of the molecule is CC(C)C(=O)Nc1nc2c(ncn2[C@@H]2O[C@H](CO)[C@@H](CO)[C@H]2NS(=O)(=O)OC[C@H]2O[C@@H](n3cnc4c(=O)[nH]cnc43)[C@H](F)[C@@H]2O)c(=O)[nH]1. The number of aromatic nitrogens is 8. The monoisotopic (exact) mass is 698 g/mol. The van der Waals surface area contributed by atoms with Crippen LogP contribution in [0.2, 0.25) is 0 Å². The summed E-state index contributed by atoms with van der Waals surface area (Å²) in [5.41, 5.74) is -1.75. The summed E-state index contributed by atoms with van der Waals surface area (Å²) in [7, 11) is -4.79. The predicted octanol–water partition coefficient (Wildman–Crippen LogP) is -2.84. The number of amides is 1. The third kappa shape index (κ3) is 6.09. The standard InChI is InChI=1S/C25H31FN10O11S/c1-9(2)20(40)32-25-31-19-16(22(42)33-25)30-8-36(19)24-14(10(3-37)11(4-38)46-24)34-48(43,44)45-5-12-17(39)13(26)23(47-12)35-7-29-15-18(35)27-6-28-21(15)41/h6-14,17,23-24,34,37-39H,3-5H2,1-2H3,(H,27,28,41)(H2,31,32,33,40,42)/t10-,11-,12-,13-,14-,17-,23-,24-/m1/s1. The quantitative estimate of drug-likeness (QED) is 0.0830. The van der Waals surface area contributed by atoms with Gasteiger partial charge in [-0.3, -0.25) is 38.0 Å². The third-order valence-electron chi connectivity index (χ3n) is 8.02. The summed E-state index contributed by atoms with van der Waals surface area (Å²) < 4.78 is 62.6. The van der Waals surface area contributed by atoms with E-state index in [4.69, 9.17) is 13.7 Å². The number of ether oxygens (including phenoxy) is 2. The molecule has 0 aliphatic carbocycles. The Morgan fingerprint density at radius 2 is 1.71 bits per heavy atom. The number of H-pyrrole nitrogens is 2. The number of fused-ring (bicyclic) bond motifs is 2. The minimum absolute atomic E-state index is 0.0341. The van der Waals surface area contributed by atoms with Crippen molar-refractivity contribution in [1.82, 2.24) is 43.8 Å². The van der Waals surface area contributed by atoms with Gasteiger partial charge in [-0.1, -0.05) is 13.8 Å². The first-order valence-electron chi connectivity index (χ1n) is 14.5. The Hall–Kier alpha value is -4.23. The van der Waals surface area contributed by atoms with Gasteiger partial charge in [0.05, 0.1) is 50.9 Å². The first-order valence-corrected chi connectivity index (χ1v) is 15.9. The molecule has 260 valence electrons. The Morgan fingerprint density at radius 1 is 1.04 bits per heavy atom. The number of anilines is 1. The Bertz CT molecular complexity index is 2050. The van der Waals surface area contributed by atoms with Gasteiger partial charge in [0, 0.05) is 11.8 Å². The van der Waals surface area contributed by atoms with Crippen LogP contribution in [-0.2, 0) is 28.8 Å². The minimum atomic E-state index is -4.79. The van der Waals surface area contributed by atoms with E-state index < -0.39 is 102 Å². The number of rotatable bonds is 11. The molecule has 23 heteroatoms. The Labute approximate surface area is 268 Å². The second kappa shape index (κ2) is 13.0. The number of carbonyl (C=O) groups is 1. The number of aromatic amines is 2. The van der Waals surface area contributed by atoms with Crippen LogP contribution in [0.3, 0.4) is 0 Å². The summed E-state index contributed by atoms with van der Waals surface area (Å²) in [6, 6.07) is -1.36. The first-order chi connectivity index (χ1) is 22.8. The van der Waals surface area contributed by atoms with Gasteiger partial charge in [0.25, 0.3) is 11.1 Å². The second-order valence-electron chi connectivity index (χ2n) is 11.4. The molecule has 0 aromatic carbocycles. The van der Waals surface area contributed by atoms with E-state index in [0.717, 1.165) is 23.5 Å². The fourth-order valence-electron chi connectivity index (χ4n) is 5.51. The highest BCUT2D eigenvalue weighted by atomic mass is 32.2. The molecule has 0 saturated carbocycles. The van der Waals surface area contributed by atoms with Crippen LogP contribution < -0.4 is 21.2 Å². The van der Waals surface area contributed by atoms with Crippen molar-refractivity contribution in [3.8, 4) is 0 Å². The summed E-state index contributed by atoms with van der Waals surface area (Å²) >= 11 is 0. The van der Waals surface area contributed by atoms with Crippen LogP contribution in [0.25, 0.3) is 22.3 Å². The van der Waals surface area contributed by atoms with Crippen molar-refractivity contribution in [3.63, 3.8) is 0 Å². The van der Waals surface area contributed by atoms with E-state index in [1.165, 1.54) is 4.57 Å². The summed E-state index contributed by atoms with van der Waals surface area (Å²) in [4.78, 5) is 57.7. The van der Waals surface area contributed by atoms with Crippen LogP contribution >= 0.6 is 0 Å². The van der Waals surface area contributed by atoms with Crippen molar-refractivity contribution in [2.24, 2.45) is 11.8 Å². The molecule has 7 N–H and O–H groups in total. The third-order valence-corrected chi connectivity index (χ3v) is 9.03. The molecule has 2 aliphatic heterocycles. The molecule has 2 aliphatic rings. The van der Waals surface area contributed by atoms with Gasteiger partial charge in [-0.15, -0.1) is 0 Å². The number of alkyl halides is 1. The topological polar surface area (TPSA) is 291 Å². The normalized spacial score (nSPS) is 27.8. The molecular formula is C25H31FN10O11S. The molecule has 0 radical (unpaired) electrons. The van der Waals surface area contributed by atoms with E-state index in [9.17, 15) is 38.1 Å². The molecule has 4 aromatic rings. The van der Waals surface area contributed by atoms with Gasteiger partial charge in [0.2, 0.25) is 11.9 Å². The van der Waals surface area contributed by atoms with E-state index in [2.05, 4.69) is 39.9 Å². The Morgan fingerprint density at radius 3 is 2.38 bits per heavy atom. The summed E-state index contributed by atoms with van der Waals surface area (Å²) in [5, 5.41) is 33.1. The number of nitrogens with one attached hydrogen (secondary N) is 4. The van der Waals surface area contributed by atoms with Gasteiger partial charge >= 0.3 is 10.3 Å². The smallest absolute Gasteiger partial charge is 0.336 e. The molecule has 2 fully saturated rings. The summed E-state index contributed by atoms with van der Waals surface area (Å²) in [6.07, 6.45) is -6.15. The zero-order valence-corrected chi connectivity index (χ0v) is 25.9. The fraction of sp³-hybridized carbons (Fsp3) is 0.560. The number of hydrogen-bond donors (Lipinski definition) is 7. The maximum Gasteiger partial charge on any atom is 0.336 e. The van der Waals surface area contributed by atoms with Gasteiger partial charge in [0.15, 0.2) is 41.0 Å². The van der Waals surface area contributed by atoms with Gasteiger partial charge in [0.1, 0.15) is 12.2 Å². The molecule has 0 spiro atoms. The van der Waals surface area contributed by atoms with Crippen molar-refractivity contribution in [2.45, 2.75) is 56.8 Å². The first kappa shape index (κ1) is 33.7. The number of carbonyl (C=O) groups excluding carboxylic acids is 1. The number of aliphatic hydroxyl groups is 3. The maximum absolute atomic E-state index is 15.2. The number of hydrogen-bond acceptors (Lipinski definition) is 15. The highest BCUT2D eigenvalue weighted by Gasteiger charge is 2.49. The molecule has 6 heterocycles. The molecule has 0 unspecified atom stereocenters. The van der Waals surface area contributed by atoms with Gasteiger partial charge in [-0.2, -0.15) is 18.1 Å². The van der Waals surface area contributed by atoms with Crippen molar-refractivity contribution in [3.05, 3.63) is 39.7 Å². The molecule has 1 amide bonds. The number of aliphatic hydroxyl groups excluding tert-OH is 3. The largest absolute Gasteiger partial charge is 0.396 e. The zero-order chi connectivity index (χ0) is 34.5. The number of halogens is 1. The van der Waals surface area contributed by atoms with E-state index in [1.54, 1.807) is 13.8 Å². The van der Waals surface area contributed by atoms with Crippen LogP contribution in [0.4, 0.5) is 10.3 Å². The lowest BCUT2D eigenvalue weighted by Gasteiger charge is -2.24. The van der Waals surface area contributed by atoms with Crippen LogP contribution in [0.5, 0.6) is 0 Å². The van der Waals surface area contributed by atoms with Crippen molar-refractivity contribution in [2.75, 3.05) is 25.1 Å². The lowest BCUT2D eigenvalue weighted by molar-refractivity contribution is -0.118. The van der Waals surface area contributed by atoms with E-state index in [1.807, 2.05) is 0 Å². The van der Waals surface area contributed by atoms with Crippen molar-refractivity contribution < 1.29 is 46.6 Å². The van der Waals surface area contributed by atoms with Crippen LogP contribution in [-0.4, -0.2) is 119 Å². The summed E-state index contributed by atoms with van der Waals surface area (Å²) in [6.45, 7) is 1.07. The maximum atomic E-state index is 15.2. The van der Waals surface area contributed by atoms with Gasteiger partial charge < -0.3 is 29.8 Å². The molecule has 6 rings (SSSR count). The van der Waals surface area contributed by atoms with Gasteiger partial charge in [-0.25, -0.2) is 19.3 Å². The van der Waals surface area contributed by atoms with Crippen LogP contribution in [0.1, 0.15) is 26.3 Å². The lowest BCUT2D eigenvalue weighted by Crippen LogP contribution is -2.46. The molecule has 2 saturated heterocycles. The average Bonchev–Trinajstić information content (AvgIpc) is 3.80. The summed E-state index contributed by atoms with van der Waals surface area (Å²) in [5.74, 6) is -2.17. The van der Waals surface area contributed by atoms with Crippen LogP contribution in [0.15, 0.2) is 28.6 Å². The molecule has 0 bridgehead atoms. The second-order valence-corrected chi connectivity index (χ2v) is 12.8. The predicted molar refractivity (Wildman–Crippen MR) is 158 cm³/mol. The highest BCUT2D eigenvalue weighted by Crippen LogP contribution is 2.36. The average molecular weight is 699 g/mol. The van der Waals surface area contributed by atoms with E-state index in [-0.39, 0.29) is 28.3 Å². The zero-order valence-electron chi connectivity index (χ0n) is 25.1. The van der Waals surface area contributed by atoms with E-state index in [0.29, 0.717) is 0 Å². The molecule has 48 heavy (non-hydrogen) atoms. The fourth-order valence-corrected chi connectivity index (χ4v) is 6.51. The van der Waals surface area contributed by atoms with Gasteiger partial charge in [-0.05, 0) is 0 Å². The van der Waals surface area contributed by atoms with Crippen molar-refractivity contribution >= 4 is 44.5 Å². The van der Waals surface area contributed by atoms with Crippen LogP contribution in [0, 0.1) is 11.8 Å². The highest BCUT2D eigenvalue weighted by molar-refractivity contribution is 7.84. The van der Waals surface area contributed by atoms with E-state index >= 15 is 4.39 Å². The Balaban J connectivity index is 1.22. The number of imidazole rings is 2. The number of nitrogens with zero attached hydrogens (tertiary/aromatic N) is 6. The molecule has 4 aromatic heterocycles. The molecular weight excluding hydrogens is 667 g/mol. The molecule has 8 atom stereocenters.